The third kappa shape index (κ3) is 4.91. The maximum absolute atomic E-state index is 11.6. The number of ether oxygens (including phenoxy) is 3. The van der Waals surface area contributed by atoms with Gasteiger partial charge >= 0.3 is 11.9 Å². The van der Waals surface area contributed by atoms with Gasteiger partial charge in [-0.1, -0.05) is 19.4 Å². The average Bonchev–Trinajstić information content (AvgIpc) is 2.44. The van der Waals surface area contributed by atoms with Gasteiger partial charge in [0.1, 0.15) is 0 Å². The summed E-state index contributed by atoms with van der Waals surface area (Å²) in [5, 5.41) is 0. The molecular weight excluding hydrogens is 260 g/mol. The minimum atomic E-state index is -0.578. The molecule has 0 aliphatic rings. The number of esters is 2. The van der Waals surface area contributed by atoms with Gasteiger partial charge in [0.05, 0.1) is 20.6 Å². The lowest BCUT2D eigenvalue weighted by molar-refractivity contribution is -0.159. The van der Waals surface area contributed by atoms with Crippen molar-refractivity contribution < 1.29 is 23.8 Å². The second kappa shape index (κ2) is 8.19. The van der Waals surface area contributed by atoms with Gasteiger partial charge in [-0.3, -0.25) is 9.59 Å². The van der Waals surface area contributed by atoms with Crippen molar-refractivity contribution in [2.75, 3.05) is 14.2 Å². The monoisotopic (exact) mass is 279 g/mol. The molecule has 5 nitrogen and oxygen atoms in total. The van der Waals surface area contributed by atoms with Gasteiger partial charge in [-0.15, -0.1) is 0 Å². The Kier molecular flexibility index (Phi) is 6.56. The Hall–Kier alpha value is -2.04. The molecule has 0 heterocycles. The summed E-state index contributed by atoms with van der Waals surface area (Å²) in [5.74, 6) is 0.0164. The van der Waals surface area contributed by atoms with Crippen LogP contribution in [0.2, 0.25) is 0 Å². The molecule has 0 unspecified atom stereocenters. The Bertz CT molecular complexity index is 467. The van der Waals surface area contributed by atoms with Gasteiger partial charge in [-0.2, -0.15) is 0 Å². The summed E-state index contributed by atoms with van der Waals surface area (Å²) in [5.41, 5.74) is 0.692. The third-order valence-electron chi connectivity index (χ3n) is 2.65. The van der Waals surface area contributed by atoms with Crippen LogP contribution >= 0.6 is 0 Å². The second-order valence-corrected chi connectivity index (χ2v) is 4.17. The fourth-order valence-electron chi connectivity index (χ4n) is 1.64. The van der Waals surface area contributed by atoms with Gasteiger partial charge < -0.3 is 14.2 Å². The van der Waals surface area contributed by atoms with Gasteiger partial charge in [0.2, 0.25) is 0 Å². The number of hydrogen-bond donors (Lipinski definition) is 0. The van der Waals surface area contributed by atoms with Crippen LogP contribution in [0.4, 0.5) is 0 Å². The molecule has 1 aromatic rings. The average molecular weight is 279 g/mol. The van der Waals surface area contributed by atoms with Gasteiger partial charge in [0.15, 0.2) is 11.5 Å². The van der Waals surface area contributed by atoms with Crippen LogP contribution in [-0.2, 0) is 20.7 Å². The summed E-state index contributed by atoms with van der Waals surface area (Å²) in [6.07, 6.45) is 1.47. The van der Waals surface area contributed by atoms with Crippen molar-refractivity contribution in [1.82, 2.24) is 0 Å². The molecule has 0 atom stereocenters. The summed E-state index contributed by atoms with van der Waals surface area (Å²) in [6, 6.07) is 5.11. The SMILES string of the molecule is [CH2]CCCC(=O)OC(=O)Cc1ccc(OC)c(OC)c1. The van der Waals surface area contributed by atoms with Crippen LogP contribution in [-0.4, -0.2) is 26.2 Å². The lowest BCUT2D eigenvalue weighted by Gasteiger charge is -2.09. The standard InChI is InChI=1S/C15H19O5/c1-4-5-6-14(16)20-15(17)10-11-7-8-12(18-2)13(9-11)19-3/h7-9H,1,4-6,10H2,2-3H3. The van der Waals surface area contributed by atoms with Gasteiger partial charge in [-0.05, 0) is 24.1 Å². The zero-order valence-corrected chi connectivity index (χ0v) is 11.8. The normalized spacial score (nSPS) is 9.95. The lowest BCUT2D eigenvalue weighted by atomic mass is 10.1. The Morgan fingerprint density at radius 1 is 1.10 bits per heavy atom. The molecule has 5 heteroatoms. The minimum absolute atomic E-state index is 0.0104. The maximum atomic E-state index is 11.6. The molecule has 0 spiro atoms. The first kappa shape index (κ1) is 16.0. The minimum Gasteiger partial charge on any atom is -0.493 e. The first-order valence-electron chi connectivity index (χ1n) is 6.34. The highest BCUT2D eigenvalue weighted by Crippen LogP contribution is 2.27. The van der Waals surface area contributed by atoms with E-state index in [0.717, 1.165) is 0 Å². The van der Waals surface area contributed by atoms with Crippen LogP contribution in [0.1, 0.15) is 24.8 Å². The number of hydrogen-bond acceptors (Lipinski definition) is 5. The summed E-state index contributed by atoms with van der Waals surface area (Å²) in [6.45, 7) is 3.62. The Morgan fingerprint density at radius 2 is 1.80 bits per heavy atom. The number of carbonyl (C=O) groups is 2. The van der Waals surface area contributed by atoms with Crippen molar-refractivity contribution >= 4 is 11.9 Å². The molecule has 0 aliphatic heterocycles. The van der Waals surface area contributed by atoms with E-state index < -0.39 is 11.9 Å². The van der Waals surface area contributed by atoms with E-state index in [4.69, 9.17) is 14.2 Å². The molecule has 0 fully saturated rings. The van der Waals surface area contributed by atoms with Crippen LogP contribution in [0.3, 0.4) is 0 Å². The highest BCUT2D eigenvalue weighted by molar-refractivity contribution is 5.86. The molecule has 20 heavy (non-hydrogen) atoms. The van der Waals surface area contributed by atoms with Crippen molar-refractivity contribution in [2.24, 2.45) is 0 Å². The smallest absolute Gasteiger partial charge is 0.317 e. The van der Waals surface area contributed by atoms with Gasteiger partial charge in [0, 0.05) is 6.42 Å². The molecule has 0 saturated carbocycles. The predicted molar refractivity (Wildman–Crippen MR) is 73.6 cm³/mol. The number of methoxy groups -OCH3 is 2. The molecule has 0 saturated heterocycles. The highest BCUT2D eigenvalue weighted by atomic mass is 16.6. The van der Waals surface area contributed by atoms with Crippen LogP contribution in [0.25, 0.3) is 0 Å². The van der Waals surface area contributed by atoms with Crippen LogP contribution < -0.4 is 9.47 Å². The molecule has 0 bridgehead atoms. The molecule has 1 radical (unpaired) electrons. The molecule has 0 aromatic heterocycles. The molecule has 0 aliphatic carbocycles. The molecule has 109 valence electrons. The van der Waals surface area contributed by atoms with Crippen molar-refractivity contribution in [3.63, 3.8) is 0 Å². The van der Waals surface area contributed by atoms with Crippen LogP contribution in [0.5, 0.6) is 11.5 Å². The third-order valence-corrected chi connectivity index (χ3v) is 2.65. The summed E-state index contributed by atoms with van der Waals surface area (Å²) in [4.78, 5) is 22.9. The molecule has 1 aromatic carbocycles. The predicted octanol–water partition coefficient (Wildman–Crippen LogP) is 2.32. The van der Waals surface area contributed by atoms with E-state index in [0.29, 0.717) is 29.9 Å². The number of carbonyl (C=O) groups excluding carboxylic acids is 2. The van der Waals surface area contributed by atoms with E-state index >= 15 is 0 Å². The Balaban J connectivity index is 2.59. The summed E-state index contributed by atoms with van der Waals surface area (Å²) in [7, 11) is 3.05. The van der Waals surface area contributed by atoms with Crippen molar-refractivity contribution in [1.29, 1.82) is 0 Å². The number of rotatable bonds is 7. The van der Waals surface area contributed by atoms with Crippen molar-refractivity contribution in [2.45, 2.75) is 25.7 Å². The van der Waals surface area contributed by atoms with E-state index in [-0.39, 0.29) is 12.8 Å². The zero-order chi connectivity index (χ0) is 15.0. The molecular formula is C15H19O5. The fraction of sp³-hybridized carbons (Fsp3) is 0.400. The number of unbranched alkanes of at least 4 members (excludes halogenated alkanes) is 1. The first-order valence-corrected chi connectivity index (χ1v) is 6.34. The van der Waals surface area contributed by atoms with E-state index in [1.165, 1.54) is 14.2 Å². The second-order valence-electron chi connectivity index (χ2n) is 4.17. The topological polar surface area (TPSA) is 61.8 Å². The number of benzene rings is 1. The van der Waals surface area contributed by atoms with Gasteiger partial charge in [0.25, 0.3) is 0 Å². The van der Waals surface area contributed by atoms with Crippen LogP contribution in [0, 0.1) is 6.92 Å². The van der Waals surface area contributed by atoms with Crippen molar-refractivity contribution in [3.8, 4) is 11.5 Å². The maximum Gasteiger partial charge on any atom is 0.317 e. The molecule has 0 N–H and O–H groups in total. The highest BCUT2D eigenvalue weighted by Gasteiger charge is 2.12. The van der Waals surface area contributed by atoms with Gasteiger partial charge in [-0.25, -0.2) is 0 Å². The first-order chi connectivity index (χ1) is 9.60. The quantitative estimate of drug-likeness (QED) is 0.566. The summed E-state index contributed by atoms with van der Waals surface area (Å²) >= 11 is 0. The summed E-state index contributed by atoms with van der Waals surface area (Å²) < 4.78 is 15.0. The van der Waals surface area contributed by atoms with E-state index in [1.54, 1.807) is 18.2 Å². The fourth-order valence-corrected chi connectivity index (χ4v) is 1.64. The molecule has 1 rings (SSSR count). The Labute approximate surface area is 118 Å². The Morgan fingerprint density at radius 3 is 2.40 bits per heavy atom. The van der Waals surface area contributed by atoms with Crippen LogP contribution in [0.15, 0.2) is 18.2 Å². The lowest BCUT2D eigenvalue weighted by Crippen LogP contribution is -2.14. The zero-order valence-electron chi connectivity index (χ0n) is 11.8. The van der Waals surface area contributed by atoms with E-state index in [1.807, 2.05) is 0 Å². The van der Waals surface area contributed by atoms with E-state index in [9.17, 15) is 9.59 Å². The largest absolute Gasteiger partial charge is 0.493 e. The van der Waals surface area contributed by atoms with Crippen molar-refractivity contribution in [3.05, 3.63) is 30.7 Å². The molecule has 0 amide bonds. The van der Waals surface area contributed by atoms with E-state index in [2.05, 4.69) is 6.92 Å².